The van der Waals surface area contributed by atoms with E-state index in [1.165, 1.54) is 4.90 Å². The number of methoxy groups -OCH3 is 1. The first kappa shape index (κ1) is 18.1. The molecule has 138 valence electrons. The zero-order valence-corrected chi connectivity index (χ0v) is 15.2. The molecule has 0 saturated carbocycles. The largest absolute Gasteiger partial charge is 0.506 e. The van der Waals surface area contributed by atoms with Crippen LogP contribution in [-0.4, -0.2) is 50.3 Å². The molecule has 0 aromatic heterocycles. The average Bonchev–Trinajstić information content (AvgIpc) is 2.68. The van der Waals surface area contributed by atoms with E-state index in [-0.39, 0.29) is 11.9 Å². The van der Waals surface area contributed by atoms with Crippen LogP contribution in [0.4, 0.5) is 11.4 Å². The van der Waals surface area contributed by atoms with Gasteiger partial charge in [0.1, 0.15) is 11.5 Å². The molecule has 1 heterocycles. The molecule has 0 aliphatic carbocycles. The number of rotatable bonds is 5. The lowest BCUT2D eigenvalue weighted by Gasteiger charge is -2.36. The highest BCUT2D eigenvalue weighted by Gasteiger charge is 2.29. The van der Waals surface area contributed by atoms with E-state index >= 15 is 0 Å². The Morgan fingerprint density at radius 2 is 1.92 bits per heavy atom. The molecule has 2 aromatic rings. The van der Waals surface area contributed by atoms with Crippen molar-refractivity contribution in [2.45, 2.75) is 13.0 Å². The standard InChI is InChI=1S/C20H25N3O3/c1-15(20(25)21-16-6-5-7-17(14-16)26-2)22-10-12-23(13-11-22)18-8-3-4-9-19(18)24/h3-9,14-15,24H,10-13H2,1-2H3,(H,21,25)/p+1/t15-/m1/s1. The van der Waals surface area contributed by atoms with E-state index < -0.39 is 0 Å². The Morgan fingerprint density at radius 1 is 1.19 bits per heavy atom. The maximum Gasteiger partial charge on any atom is 0.282 e. The van der Waals surface area contributed by atoms with E-state index in [1.807, 2.05) is 49.4 Å². The third-order valence-electron chi connectivity index (χ3n) is 4.97. The minimum absolute atomic E-state index is 0.00395. The summed E-state index contributed by atoms with van der Waals surface area (Å²) in [5, 5.41) is 13.0. The normalized spacial score (nSPS) is 16.2. The van der Waals surface area contributed by atoms with E-state index in [2.05, 4.69) is 10.2 Å². The van der Waals surface area contributed by atoms with E-state index in [4.69, 9.17) is 4.74 Å². The van der Waals surface area contributed by atoms with Gasteiger partial charge >= 0.3 is 0 Å². The molecule has 0 spiro atoms. The third kappa shape index (κ3) is 4.08. The topological polar surface area (TPSA) is 66.2 Å². The minimum Gasteiger partial charge on any atom is -0.506 e. The first-order chi connectivity index (χ1) is 12.6. The maximum absolute atomic E-state index is 12.6. The van der Waals surface area contributed by atoms with Gasteiger partial charge in [-0.2, -0.15) is 0 Å². The van der Waals surface area contributed by atoms with Gasteiger partial charge in [-0.05, 0) is 31.2 Å². The second kappa shape index (κ2) is 8.10. The van der Waals surface area contributed by atoms with Crippen LogP contribution >= 0.6 is 0 Å². The molecule has 1 fully saturated rings. The molecule has 2 aromatic carbocycles. The lowest BCUT2D eigenvalue weighted by Crippen LogP contribution is -3.19. The van der Waals surface area contributed by atoms with Crippen LogP contribution in [-0.2, 0) is 4.79 Å². The predicted octanol–water partition coefficient (Wildman–Crippen LogP) is 1.13. The number of hydrogen-bond acceptors (Lipinski definition) is 4. The van der Waals surface area contributed by atoms with Crippen molar-refractivity contribution in [2.75, 3.05) is 43.5 Å². The van der Waals surface area contributed by atoms with Gasteiger partial charge in [0.15, 0.2) is 6.04 Å². The zero-order valence-electron chi connectivity index (χ0n) is 15.2. The van der Waals surface area contributed by atoms with Crippen molar-refractivity contribution in [1.82, 2.24) is 0 Å². The molecule has 0 unspecified atom stereocenters. The molecule has 1 aliphatic heterocycles. The number of amides is 1. The van der Waals surface area contributed by atoms with Gasteiger partial charge in [-0.3, -0.25) is 4.79 Å². The SMILES string of the molecule is COc1cccc(NC(=O)[C@@H](C)[NH+]2CCN(c3ccccc3O)CC2)c1. The molecule has 3 N–H and O–H groups in total. The molecule has 6 heteroatoms. The van der Waals surface area contributed by atoms with Crippen LogP contribution in [0.25, 0.3) is 0 Å². The van der Waals surface area contributed by atoms with Crippen molar-refractivity contribution in [1.29, 1.82) is 0 Å². The summed E-state index contributed by atoms with van der Waals surface area (Å²) in [6, 6.07) is 14.6. The molecule has 1 amide bonds. The lowest BCUT2D eigenvalue weighted by molar-refractivity contribution is -0.914. The number of nitrogens with one attached hydrogen (secondary N) is 2. The van der Waals surface area contributed by atoms with Crippen LogP contribution in [0.2, 0.25) is 0 Å². The van der Waals surface area contributed by atoms with Crippen molar-refractivity contribution in [3.63, 3.8) is 0 Å². The predicted molar refractivity (Wildman–Crippen MR) is 102 cm³/mol. The first-order valence-electron chi connectivity index (χ1n) is 8.91. The fourth-order valence-electron chi connectivity index (χ4n) is 3.34. The fraction of sp³-hybridized carbons (Fsp3) is 0.350. The van der Waals surface area contributed by atoms with E-state index in [9.17, 15) is 9.90 Å². The molecule has 26 heavy (non-hydrogen) atoms. The minimum atomic E-state index is -0.146. The zero-order chi connectivity index (χ0) is 18.5. The number of aromatic hydroxyl groups is 1. The summed E-state index contributed by atoms with van der Waals surface area (Å²) in [5.74, 6) is 1.03. The van der Waals surface area contributed by atoms with E-state index in [1.54, 1.807) is 13.2 Å². The van der Waals surface area contributed by atoms with Crippen LogP contribution in [0.1, 0.15) is 6.92 Å². The Kier molecular flexibility index (Phi) is 5.63. The molecule has 1 saturated heterocycles. The Hall–Kier alpha value is -2.73. The molecular formula is C20H26N3O3+. The molecule has 0 radical (unpaired) electrons. The van der Waals surface area contributed by atoms with Gasteiger partial charge in [0.05, 0.1) is 39.0 Å². The Morgan fingerprint density at radius 3 is 2.62 bits per heavy atom. The fourth-order valence-corrected chi connectivity index (χ4v) is 3.34. The van der Waals surface area contributed by atoms with Crippen molar-refractivity contribution < 1.29 is 19.5 Å². The number of phenols is 1. The Bertz CT molecular complexity index is 757. The number of carbonyl (C=O) groups excluding carboxylic acids is 1. The molecule has 6 nitrogen and oxygen atoms in total. The highest BCUT2D eigenvalue weighted by atomic mass is 16.5. The maximum atomic E-state index is 12.6. The highest BCUT2D eigenvalue weighted by Crippen LogP contribution is 2.26. The van der Waals surface area contributed by atoms with Crippen molar-refractivity contribution in [2.24, 2.45) is 0 Å². The molecule has 0 bridgehead atoms. The van der Waals surface area contributed by atoms with Gasteiger partial charge in [-0.1, -0.05) is 18.2 Å². The number of ether oxygens (including phenoxy) is 1. The number of hydrogen-bond donors (Lipinski definition) is 3. The number of anilines is 2. The number of nitrogens with zero attached hydrogens (tertiary/aromatic N) is 1. The second-order valence-corrected chi connectivity index (χ2v) is 6.58. The molecule has 1 atom stereocenters. The van der Waals surface area contributed by atoms with Gasteiger partial charge < -0.3 is 25.0 Å². The molecular weight excluding hydrogens is 330 g/mol. The molecule has 1 aliphatic rings. The molecule has 3 rings (SSSR count). The summed E-state index contributed by atoms with van der Waals surface area (Å²) < 4.78 is 5.19. The summed E-state index contributed by atoms with van der Waals surface area (Å²) >= 11 is 0. The van der Waals surface area contributed by atoms with Gasteiger partial charge in [-0.15, -0.1) is 0 Å². The second-order valence-electron chi connectivity index (χ2n) is 6.58. The summed E-state index contributed by atoms with van der Waals surface area (Å²) in [4.78, 5) is 16.0. The smallest absolute Gasteiger partial charge is 0.282 e. The summed E-state index contributed by atoms with van der Waals surface area (Å²) in [6.07, 6.45) is 0. The summed E-state index contributed by atoms with van der Waals surface area (Å²) in [6.45, 7) is 5.27. The number of piperazine rings is 1. The number of para-hydroxylation sites is 2. The lowest BCUT2D eigenvalue weighted by atomic mass is 10.2. The van der Waals surface area contributed by atoms with Crippen molar-refractivity contribution >= 4 is 17.3 Å². The number of carbonyl (C=O) groups is 1. The van der Waals surface area contributed by atoms with Gasteiger partial charge in [0.2, 0.25) is 0 Å². The van der Waals surface area contributed by atoms with Crippen LogP contribution in [0.5, 0.6) is 11.5 Å². The van der Waals surface area contributed by atoms with Gasteiger partial charge in [0, 0.05) is 11.8 Å². The van der Waals surface area contributed by atoms with Crippen LogP contribution in [0.15, 0.2) is 48.5 Å². The third-order valence-corrected chi connectivity index (χ3v) is 4.97. The van der Waals surface area contributed by atoms with Gasteiger partial charge in [0.25, 0.3) is 5.91 Å². The Labute approximate surface area is 154 Å². The van der Waals surface area contributed by atoms with E-state index in [0.717, 1.165) is 43.3 Å². The van der Waals surface area contributed by atoms with Crippen LogP contribution in [0.3, 0.4) is 0 Å². The quantitative estimate of drug-likeness (QED) is 0.752. The first-order valence-corrected chi connectivity index (χ1v) is 8.91. The number of benzene rings is 2. The summed E-state index contributed by atoms with van der Waals surface area (Å²) in [5.41, 5.74) is 1.61. The van der Waals surface area contributed by atoms with Crippen molar-refractivity contribution in [3.8, 4) is 11.5 Å². The average molecular weight is 356 g/mol. The highest BCUT2D eigenvalue weighted by molar-refractivity contribution is 5.93. The monoisotopic (exact) mass is 356 g/mol. The number of phenolic OH excluding ortho intramolecular Hbond substituents is 1. The Balaban J connectivity index is 1.56. The van der Waals surface area contributed by atoms with Crippen molar-refractivity contribution in [3.05, 3.63) is 48.5 Å². The summed E-state index contributed by atoms with van der Waals surface area (Å²) in [7, 11) is 1.61. The van der Waals surface area contributed by atoms with E-state index in [0.29, 0.717) is 5.75 Å². The van der Waals surface area contributed by atoms with Crippen LogP contribution in [0, 0.1) is 0 Å². The van der Waals surface area contributed by atoms with Crippen LogP contribution < -0.4 is 19.9 Å². The number of quaternary nitrogens is 1. The van der Waals surface area contributed by atoms with Gasteiger partial charge in [-0.25, -0.2) is 0 Å².